The number of nitrogens with one attached hydrogen (secondary N) is 1. The number of carbonyl (C=O) groups excluding carboxylic acids is 2. The Kier molecular flexibility index (Phi) is 4.84. The van der Waals surface area contributed by atoms with E-state index in [1.54, 1.807) is 0 Å². The molecule has 1 N–H and O–H groups in total. The molecule has 0 radical (unpaired) electrons. The van der Waals surface area contributed by atoms with E-state index in [1.165, 1.54) is 17.5 Å². The van der Waals surface area contributed by atoms with E-state index < -0.39 is 0 Å². The van der Waals surface area contributed by atoms with Crippen molar-refractivity contribution >= 4 is 11.9 Å². The minimum absolute atomic E-state index is 0.00193. The number of piperidine rings is 1. The molecule has 5 heteroatoms. The average molecular weight is 315 g/mol. The second-order valence-electron chi connectivity index (χ2n) is 6.69. The van der Waals surface area contributed by atoms with E-state index >= 15 is 0 Å². The first-order valence-electron chi connectivity index (χ1n) is 8.51. The van der Waals surface area contributed by atoms with Crippen molar-refractivity contribution in [1.82, 2.24) is 15.1 Å². The number of benzene rings is 1. The normalized spacial score (nSPS) is 20.8. The van der Waals surface area contributed by atoms with Gasteiger partial charge < -0.3 is 15.1 Å². The van der Waals surface area contributed by atoms with Crippen LogP contribution in [0.4, 0.5) is 4.79 Å². The molecule has 0 unspecified atom stereocenters. The summed E-state index contributed by atoms with van der Waals surface area (Å²) in [7, 11) is 0. The minimum Gasteiger partial charge on any atom is -0.336 e. The van der Waals surface area contributed by atoms with E-state index in [1.807, 2.05) is 21.9 Å². The lowest BCUT2D eigenvalue weighted by molar-refractivity contribution is -0.131. The molecule has 0 spiro atoms. The summed E-state index contributed by atoms with van der Waals surface area (Å²) in [5.41, 5.74) is 2.53. The highest BCUT2D eigenvalue weighted by Crippen LogP contribution is 2.18. The quantitative estimate of drug-likeness (QED) is 0.908. The average Bonchev–Trinajstić information content (AvgIpc) is 2.59. The van der Waals surface area contributed by atoms with Gasteiger partial charge in [-0.25, -0.2) is 4.79 Å². The predicted octanol–water partition coefficient (Wildman–Crippen LogP) is 2.01. The van der Waals surface area contributed by atoms with E-state index in [2.05, 4.69) is 24.4 Å². The van der Waals surface area contributed by atoms with Crippen LogP contribution in [0.25, 0.3) is 0 Å². The second kappa shape index (κ2) is 7.02. The standard InChI is InChI=1S/C18H25N3O2/c1-14-5-4-9-21(12-14)18(23)19-11-17(22)20-10-8-15-6-2-3-7-16(15)13-20/h2-3,6-7,14H,4-5,8-13H2,1H3,(H,19,23)/t14-/m1/s1. The molecule has 1 atom stereocenters. The lowest BCUT2D eigenvalue weighted by atomic mass is 10.00. The van der Waals surface area contributed by atoms with Crippen molar-refractivity contribution in [3.8, 4) is 0 Å². The fourth-order valence-corrected chi connectivity index (χ4v) is 3.46. The van der Waals surface area contributed by atoms with Crippen molar-refractivity contribution in [2.24, 2.45) is 5.92 Å². The van der Waals surface area contributed by atoms with E-state index in [0.29, 0.717) is 12.5 Å². The third-order valence-corrected chi connectivity index (χ3v) is 4.82. The molecular weight excluding hydrogens is 290 g/mol. The molecule has 124 valence electrons. The number of rotatable bonds is 2. The Morgan fingerprint density at radius 3 is 2.74 bits per heavy atom. The molecule has 0 aromatic heterocycles. The van der Waals surface area contributed by atoms with E-state index in [-0.39, 0.29) is 18.5 Å². The Hall–Kier alpha value is -2.04. The monoisotopic (exact) mass is 315 g/mol. The van der Waals surface area contributed by atoms with Crippen molar-refractivity contribution in [3.05, 3.63) is 35.4 Å². The molecule has 2 aliphatic rings. The lowest BCUT2D eigenvalue weighted by Gasteiger charge is -2.32. The van der Waals surface area contributed by atoms with Crippen molar-refractivity contribution in [1.29, 1.82) is 0 Å². The fraction of sp³-hybridized carbons (Fsp3) is 0.556. The first-order chi connectivity index (χ1) is 11.1. The van der Waals surface area contributed by atoms with E-state index in [4.69, 9.17) is 0 Å². The van der Waals surface area contributed by atoms with Gasteiger partial charge in [0.05, 0.1) is 6.54 Å². The Bertz CT molecular complexity index is 587. The molecule has 1 aromatic carbocycles. The summed E-state index contributed by atoms with van der Waals surface area (Å²) in [6, 6.07) is 8.13. The summed E-state index contributed by atoms with van der Waals surface area (Å²) >= 11 is 0. The van der Waals surface area contributed by atoms with Crippen molar-refractivity contribution in [2.45, 2.75) is 32.7 Å². The van der Waals surface area contributed by atoms with Crippen LogP contribution in [-0.4, -0.2) is 47.9 Å². The largest absolute Gasteiger partial charge is 0.336 e. The summed E-state index contributed by atoms with van der Waals surface area (Å²) in [4.78, 5) is 28.2. The van der Waals surface area contributed by atoms with Crippen LogP contribution in [0.1, 0.15) is 30.9 Å². The zero-order valence-corrected chi connectivity index (χ0v) is 13.8. The zero-order valence-electron chi connectivity index (χ0n) is 13.8. The molecule has 1 saturated heterocycles. The Balaban J connectivity index is 1.49. The summed E-state index contributed by atoms with van der Waals surface area (Å²) in [5, 5.41) is 2.79. The maximum atomic E-state index is 12.4. The fourth-order valence-electron chi connectivity index (χ4n) is 3.46. The highest BCUT2D eigenvalue weighted by atomic mass is 16.2. The van der Waals surface area contributed by atoms with E-state index in [0.717, 1.165) is 32.5 Å². The number of likely N-dealkylation sites (tertiary alicyclic amines) is 1. The van der Waals surface area contributed by atoms with Crippen LogP contribution in [-0.2, 0) is 17.8 Å². The van der Waals surface area contributed by atoms with Gasteiger partial charge in [-0.15, -0.1) is 0 Å². The van der Waals surface area contributed by atoms with Gasteiger partial charge in [0.25, 0.3) is 0 Å². The number of nitrogens with zero attached hydrogens (tertiary/aromatic N) is 2. The van der Waals surface area contributed by atoms with Crippen LogP contribution in [0.2, 0.25) is 0 Å². The highest BCUT2D eigenvalue weighted by Gasteiger charge is 2.23. The van der Waals surface area contributed by atoms with Gasteiger partial charge in [-0.1, -0.05) is 31.2 Å². The summed E-state index contributed by atoms with van der Waals surface area (Å²) in [5.74, 6) is 0.543. The SMILES string of the molecule is C[C@@H]1CCCN(C(=O)NCC(=O)N2CCc3ccccc3C2)C1. The van der Waals surface area contributed by atoms with Crippen LogP contribution in [0.15, 0.2) is 24.3 Å². The summed E-state index contributed by atoms with van der Waals surface area (Å²) in [6.07, 6.45) is 3.11. The third kappa shape index (κ3) is 3.84. The molecule has 0 aliphatic carbocycles. The minimum atomic E-state index is -0.109. The molecule has 2 heterocycles. The molecule has 1 aromatic rings. The molecule has 23 heavy (non-hydrogen) atoms. The molecule has 3 rings (SSSR count). The van der Waals surface area contributed by atoms with Crippen molar-refractivity contribution < 1.29 is 9.59 Å². The number of hydrogen-bond donors (Lipinski definition) is 1. The van der Waals surface area contributed by atoms with Crippen molar-refractivity contribution in [3.63, 3.8) is 0 Å². The Morgan fingerprint density at radius 2 is 1.96 bits per heavy atom. The third-order valence-electron chi connectivity index (χ3n) is 4.82. The molecule has 1 fully saturated rings. The molecular formula is C18H25N3O2. The lowest BCUT2D eigenvalue weighted by Crippen LogP contribution is -2.48. The van der Waals surface area contributed by atoms with Crippen LogP contribution in [0.3, 0.4) is 0 Å². The van der Waals surface area contributed by atoms with Gasteiger partial charge in [-0.3, -0.25) is 4.79 Å². The Labute approximate surface area is 137 Å². The second-order valence-corrected chi connectivity index (χ2v) is 6.69. The van der Waals surface area contributed by atoms with Crippen LogP contribution < -0.4 is 5.32 Å². The summed E-state index contributed by atoms with van der Waals surface area (Å²) in [6.45, 7) is 5.21. The van der Waals surface area contributed by atoms with Crippen molar-refractivity contribution in [2.75, 3.05) is 26.2 Å². The van der Waals surface area contributed by atoms with Gasteiger partial charge in [0.1, 0.15) is 0 Å². The molecule has 5 nitrogen and oxygen atoms in total. The van der Waals surface area contributed by atoms with Gasteiger partial charge in [0.15, 0.2) is 0 Å². The van der Waals surface area contributed by atoms with Crippen LogP contribution in [0.5, 0.6) is 0 Å². The van der Waals surface area contributed by atoms with Crippen LogP contribution >= 0.6 is 0 Å². The number of fused-ring (bicyclic) bond motifs is 1. The maximum Gasteiger partial charge on any atom is 0.317 e. The maximum absolute atomic E-state index is 12.4. The molecule has 3 amide bonds. The van der Waals surface area contributed by atoms with E-state index in [9.17, 15) is 9.59 Å². The first-order valence-corrected chi connectivity index (χ1v) is 8.51. The smallest absolute Gasteiger partial charge is 0.317 e. The first kappa shape index (κ1) is 15.8. The molecule has 2 aliphatic heterocycles. The van der Waals surface area contributed by atoms with Crippen LogP contribution in [0, 0.1) is 5.92 Å². The van der Waals surface area contributed by atoms with Gasteiger partial charge >= 0.3 is 6.03 Å². The van der Waals surface area contributed by atoms with Gasteiger partial charge in [-0.05, 0) is 36.3 Å². The topological polar surface area (TPSA) is 52.7 Å². The molecule has 0 bridgehead atoms. The number of carbonyl (C=O) groups is 2. The number of amides is 3. The van der Waals surface area contributed by atoms with Gasteiger partial charge in [0, 0.05) is 26.2 Å². The summed E-state index contributed by atoms with van der Waals surface area (Å²) < 4.78 is 0. The van der Waals surface area contributed by atoms with Gasteiger partial charge in [0.2, 0.25) is 5.91 Å². The zero-order chi connectivity index (χ0) is 16.2. The Morgan fingerprint density at radius 1 is 1.17 bits per heavy atom. The predicted molar refractivity (Wildman–Crippen MR) is 88.9 cm³/mol. The number of hydrogen-bond acceptors (Lipinski definition) is 2. The highest BCUT2D eigenvalue weighted by molar-refractivity contribution is 5.84. The number of urea groups is 1. The molecule has 0 saturated carbocycles. The van der Waals surface area contributed by atoms with Gasteiger partial charge in [-0.2, -0.15) is 0 Å².